The van der Waals surface area contributed by atoms with Gasteiger partial charge in [0.15, 0.2) is 5.96 Å². The summed E-state index contributed by atoms with van der Waals surface area (Å²) < 4.78 is 5.49. The Hall–Kier alpha value is -0.380. The highest BCUT2D eigenvalue weighted by Crippen LogP contribution is 2.23. The molecule has 0 aromatic carbocycles. The SMILES string of the molecule is CC(O)(CN=C(N)NCC1CCCO1)c1ccsc1.I. The molecule has 1 aliphatic rings. The van der Waals surface area contributed by atoms with Gasteiger partial charge in [-0.15, -0.1) is 24.0 Å². The molecule has 1 fully saturated rings. The molecule has 0 spiro atoms. The summed E-state index contributed by atoms with van der Waals surface area (Å²) in [6, 6.07) is 1.90. The average molecular weight is 411 g/mol. The quantitative estimate of drug-likeness (QED) is 0.391. The molecule has 20 heavy (non-hydrogen) atoms. The summed E-state index contributed by atoms with van der Waals surface area (Å²) in [5, 5.41) is 17.2. The summed E-state index contributed by atoms with van der Waals surface area (Å²) in [4.78, 5) is 4.20. The molecule has 2 atom stereocenters. The third kappa shape index (κ3) is 5.19. The second kappa shape index (κ2) is 8.16. The molecule has 0 radical (unpaired) electrons. The van der Waals surface area contributed by atoms with E-state index in [1.807, 2.05) is 16.8 Å². The summed E-state index contributed by atoms with van der Waals surface area (Å²) in [5.41, 5.74) is 5.68. The second-order valence-corrected chi connectivity index (χ2v) is 5.78. The van der Waals surface area contributed by atoms with E-state index in [-0.39, 0.29) is 36.6 Å². The van der Waals surface area contributed by atoms with Crippen molar-refractivity contribution < 1.29 is 9.84 Å². The topological polar surface area (TPSA) is 79.9 Å². The first kappa shape index (κ1) is 17.7. The van der Waals surface area contributed by atoms with Gasteiger partial charge in [0.2, 0.25) is 0 Å². The van der Waals surface area contributed by atoms with Crippen LogP contribution in [0.2, 0.25) is 0 Å². The van der Waals surface area contributed by atoms with Gasteiger partial charge in [-0.1, -0.05) is 0 Å². The fourth-order valence-corrected chi connectivity index (χ4v) is 2.76. The van der Waals surface area contributed by atoms with E-state index < -0.39 is 5.60 Å². The van der Waals surface area contributed by atoms with Crippen molar-refractivity contribution in [1.82, 2.24) is 5.32 Å². The maximum Gasteiger partial charge on any atom is 0.188 e. The first-order valence-electron chi connectivity index (χ1n) is 6.48. The fraction of sp³-hybridized carbons (Fsp3) is 0.615. The Morgan fingerprint density at radius 2 is 2.50 bits per heavy atom. The van der Waals surface area contributed by atoms with Crippen molar-refractivity contribution in [3.05, 3.63) is 22.4 Å². The number of aliphatic hydroxyl groups is 1. The predicted octanol–water partition coefficient (Wildman–Crippen LogP) is 1.66. The Kier molecular flexibility index (Phi) is 7.21. The molecule has 1 aromatic rings. The third-order valence-electron chi connectivity index (χ3n) is 3.24. The molecule has 1 aliphatic heterocycles. The van der Waals surface area contributed by atoms with Crippen molar-refractivity contribution in [2.24, 2.45) is 10.7 Å². The lowest BCUT2D eigenvalue weighted by Crippen LogP contribution is -2.38. The van der Waals surface area contributed by atoms with Gasteiger partial charge in [0.05, 0.1) is 12.6 Å². The molecule has 5 nitrogen and oxygen atoms in total. The lowest BCUT2D eigenvalue weighted by atomic mass is 10.00. The van der Waals surface area contributed by atoms with Crippen LogP contribution in [-0.4, -0.2) is 36.9 Å². The highest BCUT2D eigenvalue weighted by Gasteiger charge is 2.23. The van der Waals surface area contributed by atoms with Gasteiger partial charge in [-0.2, -0.15) is 11.3 Å². The molecule has 1 aromatic heterocycles. The first-order chi connectivity index (χ1) is 9.08. The number of thiophene rings is 1. The minimum absolute atomic E-state index is 0. The molecule has 4 N–H and O–H groups in total. The number of ether oxygens (including phenoxy) is 1. The molecule has 2 rings (SSSR count). The number of guanidine groups is 1. The lowest BCUT2D eigenvalue weighted by Gasteiger charge is -2.20. The van der Waals surface area contributed by atoms with Gasteiger partial charge in [0.1, 0.15) is 5.60 Å². The Morgan fingerprint density at radius 3 is 3.10 bits per heavy atom. The van der Waals surface area contributed by atoms with Crippen LogP contribution in [0.1, 0.15) is 25.3 Å². The molecule has 7 heteroatoms. The van der Waals surface area contributed by atoms with Crippen molar-refractivity contribution >= 4 is 41.3 Å². The number of nitrogens with one attached hydrogen (secondary N) is 1. The third-order valence-corrected chi connectivity index (χ3v) is 3.92. The van der Waals surface area contributed by atoms with E-state index >= 15 is 0 Å². The first-order valence-corrected chi connectivity index (χ1v) is 7.42. The smallest absolute Gasteiger partial charge is 0.188 e. The monoisotopic (exact) mass is 411 g/mol. The summed E-state index contributed by atoms with van der Waals surface area (Å²) in [6.45, 7) is 3.49. The van der Waals surface area contributed by atoms with E-state index in [1.54, 1.807) is 18.3 Å². The van der Waals surface area contributed by atoms with E-state index in [0.29, 0.717) is 12.5 Å². The van der Waals surface area contributed by atoms with Crippen LogP contribution in [0.25, 0.3) is 0 Å². The van der Waals surface area contributed by atoms with Crippen molar-refractivity contribution in [3.63, 3.8) is 0 Å². The molecule has 114 valence electrons. The standard InChI is InChI=1S/C13H21N3O2S.HI/c1-13(17,10-4-6-19-8-10)9-16-12(14)15-7-11-3-2-5-18-11;/h4,6,8,11,17H,2-3,5,7,9H2,1H3,(H3,14,15,16);1H. The highest BCUT2D eigenvalue weighted by atomic mass is 127. The largest absolute Gasteiger partial charge is 0.383 e. The molecule has 2 unspecified atom stereocenters. The van der Waals surface area contributed by atoms with Crippen LogP contribution in [0, 0.1) is 0 Å². The average Bonchev–Trinajstić information content (AvgIpc) is 3.06. The normalized spacial score (nSPS) is 22.1. The zero-order valence-corrected chi connectivity index (χ0v) is 14.7. The second-order valence-electron chi connectivity index (χ2n) is 5.00. The molecule has 2 heterocycles. The summed E-state index contributed by atoms with van der Waals surface area (Å²) in [7, 11) is 0. The lowest BCUT2D eigenvalue weighted by molar-refractivity contribution is 0.0677. The van der Waals surface area contributed by atoms with E-state index in [4.69, 9.17) is 10.5 Å². The molecular formula is C13H22IN3O2S. The Bertz CT molecular complexity index is 417. The Balaban J connectivity index is 0.00000200. The van der Waals surface area contributed by atoms with E-state index in [1.165, 1.54) is 0 Å². The Labute approximate surface area is 140 Å². The number of hydrogen-bond donors (Lipinski definition) is 3. The number of hydrogen-bond acceptors (Lipinski definition) is 4. The minimum Gasteiger partial charge on any atom is -0.383 e. The molecular weight excluding hydrogens is 389 g/mol. The maximum atomic E-state index is 10.3. The van der Waals surface area contributed by atoms with Gasteiger partial charge in [-0.05, 0) is 42.2 Å². The number of nitrogens with zero attached hydrogens (tertiary/aromatic N) is 1. The highest BCUT2D eigenvalue weighted by molar-refractivity contribution is 14.0. The van der Waals surface area contributed by atoms with Gasteiger partial charge in [0, 0.05) is 13.2 Å². The zero-order chi connectivity index (χ0) is 13.7. The molecule has 0 bridgehead atoms. The van der Waals surface area contributed by atoms with Crippen molar-refractivity contribution in [1.29, 1.82) is 0 Å². The van der Waals surface area contributed by atoms with Crippen molar-refractivity contribution in [2.45, 2.75) is 31.5 Å². The van der Waals surface area contributed by atoms with Crippen LogP contribution in [0.15, 0.2) is 21.8 Å². The number of halogens is 1. The predicted molar refractivity (Wildman–Crippen MR) is 92.8 cm³/mol. The van der Waals surface area contributed by atoms with Gasteiger partial charge < -0.3 is 20.9 Å². The van der Waals surface area contributed by atoms with E-state index in [9.17, 15) is 5.11 Å². The molecule has 0 saturated carbocycles. The van der Waals surface area contributed by atoms with Crippen molar-refractivity contribution in [3.8, 4) is 0 Å². The molecule has 0 amide bonds. The molecule has 0 aliphatic carbocycles. The van der Waals surface area contributed by atoms with Crippen LogP contribution in [0.4, 0.5) is 0 Å². The summed E-state index contributed by atoms with van der Waals surface area (Å²) >= 11 is 1.56. The number of nitrogens with two attached hydrogens (primary N) is 1. The van der Waals surface area contributed by atoms with Crippen LogP contribution < -0.4 is 11.1 Å². The van der Waals surface area contributed by atoms with Gasteiger partial charge >= 0.3 is 0 Å². The van der Waals surface area contributed by atoms with E-state index in [0.717, 1.165) is 25.0 Å². The van der Waals surface area contributed by atoms with Crippen molar-refractivity contribution in [2.75, 3.05) is 19.7 Å². The van der Waals surface area contributed by atoms with E-state index in [2.05, 4.69) is 10.3 Å². The number of aliphatic imine (C=N–C) groups is 1. The number of rotatable bonds is 5. The minimum atomic E-state index is -0.976. The van der Waals surface area contributed by atoms with Crippen LogP contribution in [-0.2, 0) is 10.3 Å². The van der Waals surface area contributed by atoms with Crippen LogP contribution in [0.3, 0.4) is 0 Å². The summed E-state index contributed by atoms with van der Waals surface area (Å²) in [6.07, 6.45) is 2.40. The van der Waals surface area contributed by atoms with Gasteiger partial charge in [-0.3, -0.25) is 4.99 Å². The molecule has 1 saturated heterocycles. The fourth-order valence-electron chi connectivity index (χ4n) is 1.98. The van der Waals surface area contributed by atoms with Crippen LogP contribution in [0.5, 0.6) is 0 Å². The maximum absolute atomic E-state index is 10.3. The van der Waals surface area contributed by atoms with Gasteiger partial charge in [-0.25, -0.2) is 0 Å². The zero-order valence-electron chi connectivity index (χ0n) is 11.5. The summed E-state index contributed by atoms with van der Waals surface area (Å²) in [5.74, 6) is 0.353. The Morgan fingerprint density at radius 1 is 1.70 bits per heavy atom. The van der Waals surface area contributed by atoms with Gasteiger partial charge in [0.25, 0.3) is 0 Å². The van der Waals surface area contributed by atoms with Crippen LogP contribution >= 0.6 is 35.3 Å².